The highest BCUT2D eigenvalue weighted by Gasteiger charge is 2.27. The number of para-hydroxylation sites is 3. The summed E-state index contributed by atoms with van der Waals surface area (Å²) in [6, 6.07) is 30.4. The van der Waals surface area contributed by atoms with Gasteiger partial charge in [0.05, 0.1) is 31.9 Å². The molecule has 2 N–H and O–H groups in total. The fourth-order valence-electron chi connectivity index (χ4n) is 4.97. The predicted molar refractivity (Wildman–Crippen MR) is 162 cm³/mol. The Morgan fingerprint density at radius 1 is 0.881 bits per heavy atom. The van der Waals surface area contributed by atoms with E-state index in [0.717, 1.165) is 44.5 Å². The van der Waals surface area contributed by atoms with Gasteiger partial charge in [0.15, 0.2) is 28.1 Å². The molecular formula is C32H29N4O5S+. The van der Waals surface area contributed by atoms with E-state index in [0.29, 0.717) is 17.1 Å². The van der Waals surface area contributed by atoms with Gasteiger partial charge in [0.1, 0.15) is 11.6 Å². The molecule has 0 atom stereocenters. The highest BCUT2D eigenvalue weighted by molar-refractivity contribution is 7.85. The van der Waals surface area contributed by atoms with Crippen molar-refractivity contribution in [2.75, 3.05) is 19.5 Å². The number of benzene rings is 4. The fourth-order valence-corrected chi connectivity index (χ4v) is 5.45. The van der Waals surface area contributed by atoms with E-state index in [1.807, 2.05) is 62.5 Å². The fraction of sp³-hybridized carbons (Fsp3) is 0.125. The Kier molecular flexibility index (Phi) is 7.72. The molecule has 9 nitrogen and oxygen atoms in total. The summed E-state index contributed by atoms with van der Waals surface area (Å²) in [5, 5.41) is 14.7. The lowest BCUT2D eigenvalue weighted by Crippen LogP contribution is -2.28. The van der Waals surface area contributed by atoms with E-state index in [4.69, 9.17) is 14.0 Å². The zero-order chi connectivity index (χ0) is 30.0. The number of nitriles is 1. The number of aromatic nitrogens is 2. The van der Waals surface area contributed by atoms with E-state index < -0.39 is 10.1 Å². The first-order valence-corrected chi connectivity index (χ1v) is 14.4. The standard InChI is InChI=1S/C25H20N4O2.C7H8O3S/c1-28-20-10-6-7-11-21(20)29-19-9-5-4-8-17(19)24(18(15-26)25(28)29)27-16-12-13-22(30-2)23(14-16)31-3;1-6-2-4-7(5-3-6)11(8,9)10/h4-14H,1-3H3;2-5H,1H3,(H,8,9,10)/p+1. The molecule has 4 aromatic carbocycles. The summed E-state index contributed by atoms with van der Waals surface area (Å²) in [4.78, 5) is -0.0666. The van der Waals surface area contributed by atoms with E-state index in [1.54, 1.807) is 26.4 Å². The second-order valence-electron chi connectivity index (χ2n) is 9.57. The van der Waals surface area contributed by atoms with Gasteiger partial charge in [-0.15, -0.1) is 0 Å². The van der Waals surface area contributed by atoms with Gasteiger partial charge in [0, 0.05) is 17.1 Å². The number of anilines is 2. The molecule has 0 unspecified atom stereocenters. The summed E-state index contributed by atoms with van der Waals surface area (Å²) >= 11 is 0. The number of ether oxygens (including phenoxy) is 2. The number of nitrogens with one attached hydrogen (secondary N) is 1. The lowest BCUT2D eigenvalue weighted by atomic mass is 10.1. The molecule has 0 radical (unpaired) electrons. The van der Waals surface area contributed by atoms with Crippen molar-refractivity contribution < 1.29 is 27.0 Å². The number of imidazole rings is 1. The Labute approximate surface area is 243 Å². The maximum Gasteiger partial charge on any atom is 0.307 e. The molecule has 42 heavy (non-hydrogen) atoms. The highest BCUT2D eigenvalue weighted by Crippen LogP contribution is 2.36. The first kappa shape index (κ1) is 28.4. The molecule has 0 saturated carbocycles. The molecule has 0 bridgehead atoms. The summed E-state index contributed by atoms with van der Waals surface area (Å²) in [6.45, 7) is 1.84. The van der Waals surface area contributed by atoms with Crippen molar-refractivity contribution in [3.8, 4) is 17.6 Å². The lowest BCUT2D eigenvalue weighted by molar-refractivity contribution is -0.618. The number of aryl methyl sites for hydroxylation is 2. The van der Waals surface area contributed by atoms with Crippen LogP contribution in [-0.4, -0.2) is 31.6 Å². The molecule has 6 rings (SSSR count). The van der Waals surface area contributed by atoms with Crippen molar-refractivity contribution in [1.29, 1.82) is 5.26 Å². The van der Waals surface area contributed by atoms with Crippen LogP contribution in [0.1, 0.15) is 11.1 Å². The summed E-state index contributed by atoms with van der Waals surface area (Å²) < 4.78 is 44.6. The molecule has 212 valence electrons. The van der Waals surface area contributed by atoms with Crippen LogP contribution in [0.3, 0.4) is 0 Å². The van der Waals surface area contributed by atoms with Crippen molar-refractivity contribution in [2.24, 2.45) is 7.05 Å². The van der Waals surface area contributed by atoms with Gasteiger partial charge in [0.2, 0.25) is 0 Å². The van der Waals surface area contributed by atoms with Gasteiger partial charge in [-0.25, -0.2) is 4.57 Å². The lowest BCUT2D eigenvalue weighted by Gasteiger charge is -2.14. The number of fused-ring (bicyclic) bond motifs is 5. The van der Waals surface area contributed by atoms with Crippen LogP contribution >= 0.6 is 0 Å². The molecule has 0 aliphatic heterocycles. The molecule has 0 amide bonds. The van der Waals surface area contributed by atoms with Gasteiger partial charge in [-0.3, -0.25) is 4.55 Å². The first-order chi connectivity index (χ1) is 20.2. The van der Waals surface area contributed by atoms with Crippen molar-refractivity contribution in [3.05, 3.63) is 102 Å². The number of rotatable bonds is 5. The molecule has 2 aromatic heterocycles. The minimum Gasteiger partial charge on any atom is -0.493 e. The smallest absolute Gasteiger partial charge is 0.307 e. The van der Waals surface area contributed by atoms with E-state index in [-0.39, 0.29) is 4.90 Å². The molecule has 0 spiro atoms. The summed E-state index contributed by atoms with van der Waals surface area (Å²) in [5.74, 6) is 1.27. The van der Waals surface area contributed by atoms with Crippen LogP contribution in [0.25, 0.3) is 27.6 Å². The minimum absolute atomic E-state index is 0.0666. The number of nitrogens with zero attached hydrogens (tertiary/aromatic N) is 3. The summed E-state index contributed by atoms with van der Waals surface area (Å²) in [5.41, 5.74) is 7.09. The van der Waals surface area contributed by atoms with E-state index in [2.05, 4.69) is 38.6 Å². The zero-order valence-corrected chi connectivity index (χ0v) is 24.3. The Hall–Kier alpha value is -5.11. The second-order valence-corrected chi connectivity index (χ2v) is 11.0. The van der Waals surface area contributed by atoms with Crippen LogP contribution in [-0.2, 0) is 17.2 Å². The maximum absolute atomic E-state index is 10.5. The molecule has 0 aliphatic carbocycles. The van der Waals surface area contributed by atoms with Crippen LogP contribution < -0.4 is 19.4 Å². The zero-order valence-electron chi connectivity index (χ0n) is 23.5. The molecule has 10 heteroatoms. The van der Waals surface area contributed by atoms with Crippen LogP contribution in [0.5, 0.6) is 11.5 Å². The Morgan fingerprint density at radius 2 is 1.52 bits per heavy atom. The van der Waals surface area contributed by atoms with Crippen LogP contribution in [0.2, 0.25) is 0 Å². The van der Waals surface area contributed by atoms with Crippen molar-refractivity contribution in [2.45, 2.75) is 11.8 Å². The van der Waals surface area contributed by atoms with Gasteiger partial charge in [-0.2, -0.15) is 18.1 Å². The topological polar surface area (TPSA) is 117 Å². The van der Waals surface area contributed by atoms with E-state index in [9.17, 15) is 13.7 Å². The quantitative estimate of drug-likeness (QED) is 0.191. The molecule has 0 fully saturated rings. The monoisotopic (exact) mass is 581 g/mol. The van der Waals surface area contributed by atoms with Crippen molar-refractivity contribution >= 4 is 49.1 Å². The number of hydrogen-bond acceptors (Lipinski definition) is 6. The van der Waals surface area contributed by atoms with Gasteiger partial charge < -0.3 is 14.8 Å². The number of pyridine rings is 1. The first-order valence-electron chi connectivity index (χ1n) is 12.9. The third kappa shape index (κ3) is 5.19. The Bertz CT molecular complexity index is 2100. The van der Waals surface area contributed by atoms with Gasteiger partial charge >= 0.3 is 5.65 Å². The molecular weight excluding hydrogens is 552 g/mol. The third-order valence-electron chi connectivity index (χ3n) is 6.98. The van der Waals surface area contributed by atoms with Crippen LogP contribution in [0.4, 0.5) is 11.4 Å². The largest absolute Gasteiger partial charge is 0.493 e. The van der Waals surface area contributed by atoms with E-state index >= 15 is 0 Å². The van der Waals surface area contributed by atoms with E-state index in [1.165, 1.54) is 12.1 Å². The SMILES string of the molecule is COc1ccc(Nc2c(C#N)c3n(c4ccccc24)c2ccccc2[n+]3C)cc1OC.Cc1ccc(S(=O)(=O)O)cc1. The Morgan fingerprint density at radius 3 is 2.17 bits per heavy atom. The minimum atomic E-state index is -4.02. The maximum atomic E-state index is 10.5. The average molecular weight is 582 g/mol. The molecule has 0 aliphatic rings. The summed E-state index contributed by atoms with van der Waals surface area (Å²) in [7, 11) is 1.19. The van der Waals surface area contributed by atoms with Crippen LogP contribution in [0.15, 0.2) is 95.9 Å². The van der Waals surface area contributed by atoms with Gasteiger partial charge in [0.25, 0.3) is 10.1 Å². The number of hydrogen-bond donors (Lipinski definition) is 2. The highest BCUT2D eigenvalue weighted by atomic mass is 32.2. The third-order valence-corrected chi connectivity index (χ3v) is 7.85. The van der Waals surface area contributed by atoms with Gasteiger partial charge in [-0.1, -0.05) is 42.0 Å². The van der Waals surface area contributed by atoms with Crippen molar-refractivity contribution in [3.63, 3.8) is 0 Å². The number of methoxy groups -OCH3 is 2. The normalized spacial score (nSPS) is 11.1. The summed E-state index contributed by atoms with van der Waals surface area (Å²) in [6.07, 6.45) is 0. The average Bonchev–Trinajstić information content (AvgIpc) is 3.29. The second kappa shape index (κ2) is 11.4. The molecule has 2 heterocycles. The Balaban J connectivity index is 0.000000271. The molecule has 6 aromatic rings. The van der Waals surface area contributed by atoms with Crippen molar-refractivity contribution in [1.82, 2.24) is 4.40 Å². The predicted octanol–water partition coefficient (Wildman–Crippen LogP) is 5.94. The molecule has 0 saturated heterocycles. The van der Waals surface area contributed by atoms with Gasteiger partial charge in [-0.05, 0) is 55.5 Å². The van der Waals surface area contributed by atoms with Crippen LogP contribution in [0, 0.1) is 18.3 Å².